The lowest BCUT2D eigenvalue weighted by molar-refractivity contribution is 0.0997. The summed E-state index contributed by atoms with van der Waals surface area (Å²) >= 11 is 0. The lowest BCUT2D eigenvalue weighted by atomic mass is 10.2. The third kappa shape index (κ3) is 3.88. The van der Waals surface area contributed by atoms with E-state index in [0.29, 0.717) is 5.76 Å². The molecule has 0 radical (unpaired) electrons. The zero-order chi connectivity index (χ0) is 19.5. The SMILES string of the molecule is COc1ccc(-c2ccc(C(=O)Nc3ccc(N4CCC(C)C4)cc3)o2)cc1. The first-order chi connectivity index (χ1) is 13.6. The third-order valence-corrected chi connectivity index (χ3v) is 5.12. The lowest BCUT2D eigenvalue weighted by Gasteiger charge is -2.18. The van der Waals surface area contributed by atoms with E-state index in [2.05, 4.69) is 29.3 Å². The molecule has 0 aliphatic carbocycles. The Labute approximate surface area is 164 Å². The van der Waals surface area contributed by atoms with E-state index in [-0.39, 0.29) is 11.7 Å². The number of amides is 1. The van der Waals surface area contributed by atoms with E-state index in [1.165, 1.54) is 12.1 Å². The van der Waals surface area contributed by atoms with E-state index in [4.69, 9.17) is 9.15 Å². The van der Waals surface area contributed by atoms with E-state index < -0.39 is 0 Å². The second-order valence-corrected chi connectivity index (χ2v) is 7.23. The van der Waals surface area contributed by atoms with E-state index in [1.807, 2.05) is 36.4 Å². The molecule has 1 fully saturated rings. The van der Waals surface area contributed by atoms with Crippen molar-refractivity contribution in [1.29, 1.82) is 0 Å². The molecule has 0 spiro atoms. The summed E-state index contributed by atoms with van der Waals surface area (Å²) in [5.74, 6) is 2.18. The van der Waals surface area contributed by atoms with Crippen LogP contribution in [-0.2, 0) is 0 Å². The van der Waals surface area contributed by atoms with Gasteiger partial charge in [-0.2, -0.15) is 0 Å². The zero-order valence-electron chi connectivity index (χ0n) is 16.1. The summed E-state index contributed by atoms with van der Waals surface area (Å²) in [5, 5.41) is 2.90. The number of hydrogen-bond donors (Lipinski definition) is 1. The van der Waals surface area contributed by atoms with Crippen molar-refractivity contribution in [3.8, 4) is 17.1 Å². The number of anilines is 2. The number of carbonyl (C=O) groups is 1. The van der Waals surface area contributed by atoms with Gasteiger partial charge < -0.3 is 19.4 Å². The predicted molar refractivity (Wildman–Crippen MR) is 111 cm³/mol. The first-order valence-electron chi connectivity index (χ1n) is 9.53. The smallest absolute Gasteiger partial charge is 0.291 e. The number of hydrogen-bond acceptors (Lipinski definition) is 4. The molecule has 0 saturated carbocycles. The van der Waals surface area contributed by atoms with Crippen molar-refractivity contribution in [3.63, 3.8) is 0 Å². The fourth-order valence-electron chi connectivity index (χ4n) is 3.49. The Kier molecular flexibility index (Phi) is 5.06. The van der Waals surface area contributed by atoms with Gasteiger partial charge in [-0.3, -0.25) is 4.79 Å². The zero-order valence-corrected chi connectivity index (χ0v) is 16.1. The first-order valence-corrected chi connectivity index (χ1v) is 9.53. The summed E-state index contributed by atoms with van der Waals surface area (Å²) in [5.41, 5.74) is 2.84. The van der Waals surface area contributed by atoms with Gasteiger partial charge in [0.05, 0.1) is 7.11 Å². The standard InChI is InChI=1S/C23H24N2O3/c1-16-13-14-25(15-16)19-7-5-18(6-8-19)24-23(26)22-12-11-21(28-22)17-3-9-20(27-2)10-4-17/h3-12,16H,13-15H2,1-2H3,(H,24,26). The highest BCUT2D eigenvalue weighted by Crippen LogP contribution is 2.26. The van der Waals surface area contributed by atoms with Crippen LogP contribution in [0.25, 0.3) is 11.3 Å². The molecule has 144 valence electrons. The van der Waals surface area contributed by atoms with Crippen LogP contribution in [0.3, 0.4) is 0 Å². The number of nitrogens with one attached hydrogen (secondary N) is 1. The maximum Gasteiger partial charge on any atom is 0.291 e. The molecule has 28 heavy (non-hydrogen) atoms. The largest absolute Gasteiger partial charge is 0.497 e. The van der Waals surface area contributed by atoms with Crippen molar-refractivity contribution in [2.45, 2.75) is 13.3 Å². The Morgan fingerprint density at radius 2 is 1.82 bits per heavy atom. The highest BCUT2D eigenvalue weighted by Gasteiger charge is 2.19. The van der Waals surface area contributed by atoms with Gasteiger partial charge >= 0.3 is 0 Å². The topological polar surface area (TPSA) is 54.7 Å². The van der Waals surface area contributed by atoms with Crippen LogP contribution in [0.1, 0.15) is 23.9 Å². The average molecular weight is 376 g/mol. The first kappa shape index (κ1) is 18.2. The monoisotopic (exact) mass is 376 g/mol. The van der Waals surface area contributed by atoms with Crippen LogP contribution in [0.2, 0.25) is 0 Å². The second-order valence-electron chi connectivity index (χ2n) is 7.23. The van der Waals surface area contributed by atoms with Gasteiger partial charge in [-0.15, -0.1) is 0 Å². The highest BCUT2D eigenvalue weighted by atomic mass is 16.5. The fourth-order valence-corrected chi connectivity index (χ4v) is 3.49. The van der Waals surface area contributed by atoms with Gasteiger partial charge in [0.15, 0.2) is 5.76 Å². The Balaban J connectivity index is 1.41. The molecule has 1 aromatic heterocycles. The summed E-state index contributed by atoms with van der Waals surface area (Å²) < 4.78 is 10.9. The number of benzene rings is 2. The van der Waals surface area contributed by atoms with Crippen molar-refractivity contribution in [2.75, 3.05) is 30.4 Å². The van der Waals surface area contributed by atoms with Crippen LogP contribution >= 0.6 is 0 Å². The van der Waals surface area contributed by atoms with Gasteiger partial charge in [-0.1, -0.05) is 6.92 Å². The van der Waals surface area contributed by atoms with Crippen molar-refractivity contribution < 1.29 is 13.9 Å². The molecule has 5 heteroatoms. The molecule has 1 saturated heterocycles. The van der Waals surface area contributed by atoms with Gasteiger partial charge in [-0.25, -0.2) is 0 Å². The van der Waals surface area contributed by atoms with Crippen molar-refractivity contribution in [1.82, 2.24) is 0 Å². The summed E-state index contributed by atoms with van der Waals surface area (Å²) in [4.78, 5) is 14.9. The molecule has 1 aliphatic rings. The molecule has 1 unspecified atom stereocenters. The van der Waals surface area contributed by atoms with Gasteiger partial charge in [0.2, 0.25) is 0 Å². The molecule has 4 rings (SSSR count). The van der Waals surface area contributed by atoms with Crippen LogP contribution in [0.4, 0.5) is 11.4 Å². The maximum absolute atomic E-state index is 12.5. The van der Waals surface area contributed by atoms with Crippen LogP contribution in [-0.4, -0.2) is 26.1 Å². The van der Waals surface area contributed by atoms with Gasteiger partial charge in [0.25, 0.3) is 5.91 Å². The number of furan rings is 1. The molecule has 2 heterocycles. The Morgan fingerprint density at radius 3 is 2.46 bits per heavy atom. The van der Waals surface area contributed by atoms with E-state index in [0.717, 1.165) is 36.0 Å². The number of rotatable bonds is 5. The molecule has 1 atom stereocenters. The Hall–Kier alpha value is -3.21. The summed E-state index contributed by atoms with van der Waals surface area (Å²) in [6, 6.07) is 19.0. The molecular formula is C23H24N2O3. The van der Waals surface area contributed by atoms with Gasteiger partial charge in [0.1, 0.15) is 11.5 Å². The average Bonchev–Trinajstić information content (AvgIpc) is 3.38. The Morgan fingerprint density at radius 1 is 1.07 bits per heavy atom. The van der Waals surface area contributed by atoms with Crippen molar-refractivity contribution >= 4 is 17.3 Å². The molecule has 5 nitrogen and oxygen atoms in total. The quantitative estimate of drug-likeness (QED) is 0.677. The minimum atomic E-state index is -0.262. The highest BCUT2D eigenvalue weighted by molar-refractivity contribution is 6.02. The van der Waals surface area contributed by atoms with Crippen molar-refractivity contribution in [3.05, 3.63) is 66.4 Å². The molecule has 0 bridgehead atoms. The maximum atomic E-state index is 12.5. The van der Waals surface area contributed by atoms with Crippen molar-refractivity contribution in [2.24, 2.45) is 5.92 Å². The molecule has 1 amide bonds. The molecule has 1 N–H and O–H groups in total. The number of methoxy groups -OCH3 is 1. The van der Waals surface area contributed by atoms with Crippen LogP contribution < -0.4 is 15.0 Å². The third-order valence-electron chi connectivity index (χ3n) is 5.12. The summed E-state index contributed by atoms with van der Waals surface area (Å²) in [6.45, 7) is 4.46. The van der Waals surface area contributed by atoms with Crippen LogP contribution in [0.5, 0.6) is 5.75 Å². The Bertz CT molecular complexity index is 945. The lowest BCUT2D eigenvalue weighted by Crippen LogP contribution is -2.19. The second kappa shape index (κ2) is 7.80. The molecule has 3 aromatic rings. The number of carbonyl (C=O) groups excluding carboxylic acids is 1. The summed E-state index contributed by atoms with van der Waals surface area (Å²) in [7, 11) is 1.63. The summed E-state index contributed by atoms with van der Waals surface area (Å²) in [6.07, 6.45) is 1.23. The van der Waals surface area contributed by atoms with E-state index >= 15 is 0 Å². The minimum absolute atomic E-state index is 0.262. The minimum Gasteiger partial charge on any atom is -0.497 e. The number of nitrogens with zero attached hydrogens (tertiary/aromatic N) is 1. The molecule has 2 aromatic carbocycles. The van der Waals surface area contributed by atoms with E-state index in [9.17, 15) is 4.79 Å². The number of ether oxygens (including phenoxy) is 1. The van der Waals surface area contributed by atoms with E-state index in [1.54, 1.807) is 19.2 Å². The van der Waals surface area contributed by atoms with Gasteiger partial charge in [-0.05, 0) is 73.0 Å². The normalized spacial score (nSPS) is 16.2. The van der Waals surface area contributed by atoms with Crippen LogP contribution in [0, 0.1) is 5.92 Å². The van der Waals surface area contributed by atoms with Crippen LogP contribution in [0.15, 0.2) is 65.1 Å². The van der Waals surface area contributed by atoms with Gasteiger partial charge in [0, 0.05) is 30.0 Å². The predicted octanol–water partition coefficient (Wildman–Crippen LogP) is 5.05. The molecule has 1 aliphatic heterocycles. The fraction of sp³-hybridized carbons (Fsp3) is 0.261. The molecular weight excluding hydrogens is 352 g/mol.